The molecule has 0 aliphatic heterocycles. The number of aliphatic hydroxyl groups is 1. The van der Waals surface area contributed by atoms with Gasteiger partial charge in [0.25, 0.3) is 0 Å². The van der Waals surface area contributed by atoms with Gasteiger partial charge in [-0.3, -0.25) is 4.79 Å². The second kappa shape index (κ2) is 7.81. The van der Waals surface area contributed by atoms with Crippen LogP contribution in [0.4, 0.5) is 0 Å². The van der Waals surface area contributed by atoms with Crippen LogP contribution < -0.4 is 0 Å². The minimum absolute atomic E-state index is 0.0740. The largest absolute Gasteiger partial charge is 0.462 e. The van der Waals surface area contributed by atoms with E-state index in [0.717, 1.165) is 25.7 Å². The molecule has 3 heteroatoms. The zero-order valence-corrected chi connectivity index (χ0v) is 16.2. The highest BCUT2D eigenvalue weighted by Crippen LogP contribution is 2.52. The molecule has 0 spiro atoms. The van der Waals surface area contributed by atoms with E-state index < -0.39 is 6.10 Å². The predicted octanol–water partition coefficient (Wildman–Crippen LogP) is 4.96. The second-order valence-electron chi connectivity index (χ2n) is 8.01. The van der Waals surface area contributed by atoms with E-state index in [0.29, 0.717) is 0 Å². The summed E-state index contributed by atoms with van der Waals surface area (Å²) in [6.45, 7) is 18.5. The van der Waals surface area contributed by atoms with Crippen molar-refractivity contribution in [3.05, 3.63) is 0 Å². The topological polar surface area (TPSA) is 46.5 Å². The van der Waals surface area contributed by atoms with Crippen molar-refractivity contribution in [1.82, 2.24) is 0 Å². The smallest absolute Gasteiger partial charge is 0.302 e. The van der Waals surface area contributed by atoms with Crippen molar-refractivity contribution >= 4 is 5.97 Å². The molecular formula is C19H38O3. The Bertz CT molecular complexity index is 362. The molecule has 0 amide bonds. The average molecular weight is 315 g/mol. The van der Waals surface area contributed by atoms with Crippen molar-refractivity contribution in [3.63, 3.8) is 0 Å². The lowest BCUT2D eigenvalue weighted by atomic mass is 9.56. The molecule has 0 bridgehead atoms. The molecule has 0 rings (SSSR count). The summed E-state index contributed by atoms with van der Waals surface area (Å²) in [7, 11) is 0. The van der Waals surface area contributed by atoms with E-state index in [-0.39, 0.29) is 28.3 Å². The number of rotatable bonds is 9. The monoisotopic (exact) mass is 314 g/mol. The molecule has 3 nitrogen and oxygen atoms in total. The van der Waals surface area contributed by atoms with Gasteiger partial charge in [0.1, 0.15) is 6.10 Å². The van der Waals surface area contributed by atoms with E-state index >= 15 is 0 Å². The Morgan fingerprint density at radius 2 is 1.55 bits per heavy atom. The van der Waals surface area contributed by atoms with E-state index in [1.165, 1.54) is 6.92 Å². The molecule has 0 aromatic carbocycles. The van der Waals surface area contributed by atoms with Gasteiger partial charge >= 0.3 is 5.97 Å². The maximum atomic E-state index is 11.6. The Hall–Kier alpha value is -0.570. The second-order valence-corrected chi connectivity index (χ2v) is 8.01. The maximum absolute atomic E-state index is 11.6. The fraction of sp³-hybridized carbons (Fsp3) is 0.947. The van der Waals surface area contributed by atoms with Gasteiger partial charge in [0.05, 0.1) is 6.10 Å². The first-order valence-electron chi connectivity index (χ1n) is 8.75. The summed E-state index contributed by atoms with van der Waals surface area (Å²) in [4.78, 5) is 11.6. The zero-order valence-electron chi connectivity index (χ0n) is 16.2. The zero-order chi connectivity index (χ0) is 17.8. The van der Waals surface area contributed by atoms with E-state index in [1.807, 2.05) is 6.92 Å². The molecule has 132 valence electrons. The van der Waals surface area contributed by atoms with Crippen LogP contribution in [0, 0.1) is 16.2 Å². The van der Waals surface area contributed by atoms with Crippen molar-refractivity contribution in [2.75, 3.05) is 0 Å². The van der Waals surface area contributed by atoms with Crippen LogP contribution in [-0.4, -0.2) is 23.3 Å². The molecule has 22 heavy (non-hydrogen) atoms. The quantitative estimate of drug-likeness (QED) is 0.612. The summed E-state index contributed by atoms with van der Waals surface area (Å²) < 4.78 is 5.70. The normalized spacial score (nSPS) is 20.6. The van der Waals surface area contributed by atoms with Gasteiger partial charge in [-0.25, -0.2) is 0 Å². The SMILES string of the molecule is CCC(C)(C)C(CC(C)(CC)C(C)(CC)C(C)O)OC(C)=O. The molecular weight excluding hydrogens is 276 g/mol. The van der Waals surface area contributed by atoms with Crippen LogP contribution in [0.3, 0.4) is 0 Å². The Morgan fingerprint density at radius 3 is 1.82 bits per heavy atom. The highest BCUT2D eigenvalue weighted by atomic mass is 16.5. The molecule has 0 aromatic heterocycles. The van der Waals surface area contributed by atoms with Crippen LogP contribution in [0.15, 0.2) is 0 Å². The average Bonchev–Trinajstić information content (AvgIpc) is 2.44. The first kappa shape index (κ1) is 21.4. The molecule has 0 aliphatic carbocycles. The maximum Gasteiger partial charge on any atom is 0.302 e. The van der Waals surface area contributed by atoms with Gasteiger partial charge in [-0.15, -0.1) is 0 Å². The number of carbonyl (C=O) groups is 1. The van der Waals surface area contributed by atoms with Gasteiger partial charge in [0.15, 0.2) is 0 Å². The highest BCUT2D eigenvalue weighted by molar-refractivity contribution is 5.66. The first-order chi connectivity index (χ1) is 9.90. The van der Waals surface area contributed by atoms with Gasteiger partial charge in [-0.2, -0.15) is 0 Å². The van der Waals surface area contributed by atoms with Crippen LogP contribution in [0.5, 0.6) is 0 Å². The van der Waals surface area contributed by atoms with Crippen LogP contribution in [0.1, 0.15) is 88.0 Å². The Kier molecular flexibility index (Phi) is 7.61. The Balaban J connectivity index is 5.66. The van der Waals surface area contributed by atoms with E-state index in [4.69, 9.17) is 4.74 Å². The number of esters is 1. The van der Waals surface area contributed by atoms with Gasteiger partial charge in [-0.1, -0.05) is 48.5 Å². The number of hydrogen-bond donors (Lipinski definition) is 1. The summed E-state index contributed by atoms with van der Waals surface area (Å²) in [5, 5.41) is 10.4. The number of carbonyl (C=O) groups excluding carboxylic acids is 1. The van der Waals surface area contributed by atoms with Crippen LogP contribution in [-0.2, 0) is 9.53 Å². The predicted molar refractivity (Wildman–Crippen MR) is 92.7 cm³/mol. The minimum Gasteiger partial charge on any atom is -0.462 e. The summed E-state index contributed by atoms with van der Waals surface area (Å²) in [6, 6.07) is 0. The van der Waals surface area contributed by atoms with Gasteiger partial charge in [-0.05, 0) is 43.4 Å². The van der Waals surface area contributed by atoms with Crippen molar-refractivity contribution < 1.29 is 14.6 Å². The first-order valence-corrected chi connectivity index (χ1v) is 8.75. The Morgan fingerprint density at radius 1 is 1.05 bits per heavy atom. The van der Waals surface area contributed by atoms with Crippen molar-refractivity contribution in [2.24, 2.45) is 16.2 Å². The minimum atomic E-state index is -0.398. The third-order valence-corrected chi connectivity index (χ3v) is 6.54. The van der Waals surface area contributed by atoms with E-state index in [2.05, 4.69) is 48.5 Å². The molecule has 0 aromatic rings. The molecule has 4 atom stereocenters. The molecule has 1 N–H and O–H groups in total. The van der Waals surface area contributed by atoms with Crippen molar-refractivity contribution in [3.8, 4) is 0 Å². The van der Waals surface area contributed by atoms with Crippen LogP contribution >= 0.6 is 0 Å². The molecule has 0 radical (unpaired) electrons. The summed E-state index contributed by atoms with van der Waals surface area (Å²) in [5.74, 6) is -0.222. The fourth-order valence-corrected chi connectivity index (χ4v) is 3.32. The molecule has 4 unspecified atom stereocenters. The standard InChI is InChI=1S/C19H38O3/c1-10-17(6,7)16(22-15(5)21)13-18(8,11-2)19(9,12-3)14(4)20/h14,16,20H,10-13H2,1-9H3. The van der Waals surface area contributed by atoms with E-state index in [9.17, 15) is 9.90 Å². The third-order valence-electron chi connectivity index (χ3n) is 6.54. The van der Waals surface area contributed by atoms with Gasteiger partial charge < -0.3 is 9.84 Å². The number of aliphatic hydroxyl groups excluding tert-OH is 1. The lowest BCUT2D eigenvalue weighted by Crippen LogP contribution is -2.49. The lowest BCUT2D eigenvalue weighted by molar-refractivity contribution is -0.160. The number of ether oxygens (including phenoxy) is 1. The van der Waals surface area contributed by atoms with Crippen molar-refractivity contribution in [2.45, 2.75) is 100 Å². The Labute approximate surface area is 137 Å². The summed E-state index contributed by atoms with van der Waals surface area (Å²) >= 11 is 0. The van der Waals surface area contributed by atoms with Gasteiger partial charge in [0, 0.05) is 12.3 Å². The molecule has 0 saturated carbocycles. The lowest BCUT2D eigenvalue weighted by Gasteiger charge is -2.51. The summed E-state index contributed by atoms with van der Waals surface area (Å²) in [5.41, 5.74) is -0.373. The van der Waals surface area contributed by atoms with Crippen LogP contribution in [0.25, 0.3) is 0 Å². The highest BCUT2D eigenvalue weighted by Gasteiger charge is 2.48. The van der Waals surface area contributed by atoms with Crippen molar-refractivity contribution in [1.29, 1.82) is 0 Å². The fourth-order valence-electron chi connectivity index (χ4n) is 3.32. The van der Waals surface area contributed by atoms with Crippen LogP contribution in [0.2, 0.25) is 0 Å². The molecule has 0 heterocycles. The van der Waals surface area contributed by atoms with Gasteiger partial charge in [0.2, 0.25) is 0 Å². The molecule has 0 saturated heterocycles. The van der Waals surface area contributed by atoms with E-state index in [1.54, 1.807) is 0 Å². The number of hydrogen-bond acceptors (Lipinski definition) is 3. The third kappa shape index (κ3) is 4.47. The summed E-state index contributed by atoms with van der Waals surface area (Å²) in [6.07, 6.45) is 3.03. The molecule has 0 aliphatic rings. The molecule has 0 fully saturated rings.